The van der Waals surface area contributed by atoms with Crippen LogP contribution < -0.4 is 5.56 Å². The molecule has 0 aliphatic rings. The van der Waals surface area contributed by atoms with Gasteiger partial charge in [-0.1, -0.05) is 12.1 Å². The summed E-state index contributed by atoms with van der Waals surface area (Å²) >= 11 is 2.05. The van der Waals surface area contributed by atoms with E-state index in [2.05, 4.69) is 9.97 Å². The Morgan fingerprint density at radius 1 is 1.23 bits per heavy atom. The van der Waals surface area contributed by atoms with Crippen molar-refractivity contribution < 1.29 is 9.90 Å². The summed E-state index contributed by atoms with van der Waals surface area (Å²) in [5, 5.41) is 9.40. The number of carboxylic acids is 1. The quantitative estimate of drug-likeness (QED) is 0.531. The summed E-state index contributed by atoms with van der Waals surface area (Å²) in [7, 11) is 0. The predicted molar refractivity (Wildman–Crippen MR) is 89.0 cm³/mol. The SMILES string of the molecule is O=C(O)c1ccc(Cn2cnc3cnc(I)cc3c2=O)cc1. The molecular weight excluding hydrogens is 397 g/mol. The molecule has 3 rings (SSSR count). The number of carboxylic acid groups (broad SMARTS) is 1. The molecule has 7 heteroatoms. The molecule has 0 saturated heterocycles. The van der Waals surface area contributed by atoms with E-state index in [0.29, 0.717) is 17.4 Å². The Bertz CT molecular complexity index is 919. The molecule has 0 radical (unpaired) electrons. The lowest BCUT2D eigenvalue weighted by atomic mass is 10.1. The minimum atomic E-state index is -0.974. The van der Waals surface area contributed by atoms with Crippen LogP contribution in [0.25, 0.3) is 10.9 Å². The summed E-state index contributed by atoms with van der Waals surface area (Å²) in [4.78, 5) is 31.6. The third kappa shape index (κ3) is 2.84. The average Bonchev–Trinajstić information content (AvgIpc) is 2.51. The van der Waals surface area contributed by atoms with Crippen molar-refractivity contribution in [3.05, 3.63) is 68.0 Å². The first-order valence-electron chi connectivity index (χ1n) is 6.37. The maximum absolute atomic E-state index is 12.5. The van der Waals surface area contributed by atoms with Crippen LogP contribution in [-0.4, -0.2) is 25.6 Å². The fourth-order valence-electron chi connectivity index (χ4n) is 2.10. The number of pyridine rings is 1. The number of rotatable bonds is 3. The summed E-state index contributed by atoms with van der Waals surface area (Å²) in [6.07, 6.45) is 3.05. The molecule has 6 nitrogen and oxygen atoms in total. The molecule has 0 fully saturated rings. The lowest BCUT2D eigenvalue weighted by Crippen LogP contribution is -2.21. The average molecular weight is 407 g/mol. The molecule has 0 amide bonds. The number of carbonyl (C=O) groups is 1. The summed E-state index contributed by atoms with van der Waals surface area (Å²) in [6, 6.07) is 8.12. The van der Waals surface area contributed by atoms with Crippen molar-refractivity contribution in [2.75, 3.05) is 0 Å². The van der Waals surface area contributed by atoms with E-state index in [1.807, 2.05) is 22.6 Å². The number of nitrogens with zero attached hydrogens (tertiary/aromatic N) is 3. The topological polar surface area (TPSA) is 85.1 Å². The van der Waals surface area contributed by atoms with Crippen LogP contribution in [0.15, 0.2) is 47.7 Å². The molecule has 110 valence electrons. The molecule has 2 aromatic heterocycles. The van der Waals surface area contributed by atoms with Gasteiger partial charge in [0.2, 0.25) is 0 Å². The van der Waals surface area contributed by atoms with Gasteiger partial charge in [-0.15, -0.1) is 0 Å². The molecule has 0 aliphatic heterocycles. The lowest BCUT2D eigenvalue weighted by molar-refractivity contribution is 0.0697. The Morgan fingerprint density at radius 2 is 1.95 bits per heavy atom. The zero-order chi connectivity index (χ0) is 15.7. The second-order valence-corrected chi connectivity index (χ2v) is 5.81. The highest BCUT2D eigenvalue weighted by atomic mass is 127. The van der Waals surface area contributed by atoms with E-state index in [1.54, 1.807) is 24.4 Å². The largest absolute Gasteiger partial charge is 0.478 e. The molecule has 22 heavy (non-hydrogen) atoms. The molecule has 3 aromatic rings. The number of hydrogen-bond donors (Lipinski definition) is 1. The highest BCUT2D eigenvalue weighted by Crippen LogP contribution is 2.10. The molecule has 1 aromatic carbocycles. The third-order valence-electron chi connectivity index (χ3n) is 3.23. The van der Waals surface area contributed by atoms with Crippen molar-refractivity contribution in [1.29, 1.82) is 0 Å². The second-order valence-electron chi connectivity index (χ2n) is 4.70. The van der Waals surface area contributed by atoms with Gasteiger partial charge in [-0.25, -0.2) is 14.8 Å². The standard InChI is InChI=1S/C15H10IN3O3/c16-13-5-11-12(6-17-13)18-8-19(14(11)20)7-9-1-3-10(4-2-9)15(21)22/h1-6,8H,7H2,(H,21,22). The Morgan fingerprint density at radius 3 is 2.64 bits per heavy atom. The third-order valence-corrected chi connectivity index (χ3v) is 3.82. The Kier molecular flexibility index (Phi) is 3.88. The van der Waals surface area contributed by atoms with Crippen molar-refractivity contribution in [3.8, 4) is 0 Å². The number of benzene rings is 1. The van der Waals surface area contributed by atoms with Gasteiger partial charge in [0.05, 0.1) is 35.5 Å². The zero-order valence-corrected chi connectivity index (χ0v) is 13.4. The first kappa shape index (κ1) is 14.6. The van der Waals surface area contributed by atoms with Crippen LogP contribution >= 0.6 is 22.6 Å². The Labute approximate surface area is 138 Å². The van der Waals surface area contributed by atoms with Crippen LogP contribution in [0, 0.1) is 3.70 Å². The van der Waals surface area contributed by atoms with E-state index in [9.17, 15) is 9.59 Å². The molecule has 0 aliphatic carbocycles. The molecule has 1 N–H and O–H groups in total. The van der Waals surface area contributed by atoms with E-state index in [1.165, 1.54) is 23.0 Å². The van der Waals surface area contributed by atoms with Crippen molar-refractivity contribution in [2.45, 2.75) is 6.54 Å². The van der Waals surface area contributed by atoms with Crippen LogP contribution in [0.4, 0.5) is 0 Å². The van der Waals surface area contributed by atoms with Gasteiger partial charge < -0.3 is 5.11 Å². The molecular formula is C15H10IN3O3. The van der Waals surface area contributed by atoms with Gasteiger partial charge in [-0.3, -0.25) is 9.36 Å². The minimum absolute atomic E-state index is 0.146. The molecule has 0 unspecified atom stereocenters. The summed E-state index contributed by atoms with van der Waals surface area (Å²) in [6.45, 7) is 0.334. The van der Waals surface area contributed by atoms with Crippen molar-refractivity contribution in [2.24, 2.45) is 0 Å². The second kappa shape index (κ2) is 5.84. The molecule has 2 heterocycles. The van der Waals surface area contributed by atoms with Crippen LogP contribution in [0.2, 0.25) is 0 Å². The van der Waals surface area contributed by atoms with Crippen LogP contribution in [-0.2, 0) is 6.54 Å². The Balaban J connectivity index is 1.98. The van der Waals surface area contributed by atoms with Gasteiger partial charge in [0.15, 0.2) is 0 Å². The highest BCUT2D eigenvalue weighted by Gasteiger charge is 2.07. The van der Waals surface area contributed by atoms with Gasteiger partial charge in [0, 0.05) is 0 Å². The normalized spacial score (nSPS) is 10.8. The highest BCUT2D eigenvalue weighted by molar-refractivity contribution is 14.1. The minimum Gasteiger partial charge on any atom is -0.478 e. The fraction of sp³-hybridized carbons (Fsp3) is 0.0667. The predicted octanol–water partition coefficient (Wildman–Crippen LogP) is 2.14. The molecule has 0 spiro atoms. The van der Waals surface area contributed by atoms with Gasteiger partial charge in [-0.05, 0) is 46.4 Å². The summed E-state index contributed by atoms with van der Waals surface area (Å²) < 4.78 is 2.22. The van der Waals surface area contributed by atoms with E-state index in [4.69, 9.17) is 5.11 Å². The van der Waals surface area contributed by atoms with Crippen molar-refractivity contribution in [3.63, 3.8) is 0 Å². The summed E-state index contributed by atoms with van der Waals surface area (Å²) in [5.74, 6) is -0.974. The van der Waals surface area contributed by atoms with E-state index >= 15 is 0 Å². The monoisotopic (exact) mass is 407 g/mol. The maximum Gasteiger partial charge on any atom is 0.335 e. The first-order chi connectivity index (χ1) is 10.5. The number of fused-ring (bicyclic) bond motifs is 1. The van der Waals surface area contributed by atoms with E-state index in [-0.39, 0.29) is 11.1 Å². The van der Waals surface area contributed by atoms with E-state index in [0.717, 1.165) is 9.26 Å². The first-order valence-corrected chi connectivity index (χ1v) is 7.45. The molecule has 0 atom stereocenters. The van der Waals surface area contributed by atoms with Crippen molar-refractivity contribution in [1.82, 2.24) is 14.5 Å². The van der Waals surface area contributed by atoms with Crippen molar-refractivity contribution >= 4 is 39.5 Å². The van der Waals surface area contributed by atoms with Crippen LogP contribution in [0.1, 0.15) is 15.9 Å². The van der Waals surface area contributed by atoms with Gasteiger partial charge in [-0.2, -0.15) is 0 Å². The van der Waals surface area contributed by atoms with Crippen LogP contribution in [0.3, 0.4) is 0 Å². The van der Waals surface area contributed by atoms with Gasteiger partial charge >= 0.3 is 5.97 Å². The Hall–Kier alpha value is -2.29. The molecule has 0 saturated carbocycles. The molecule has 0 bridgehead atoms. The smallest absolute Gasteiger partial charge is 0.335 e. The fourth-order valence-corrected chi connectivity index (χ4v) is 2.55. The zero-order valence-electron chi connectivity index (χ0n) is 11.2. The maximum atomic E-state index is 12.5. The lowest BCUT2D eigenvalue weighted by Gasteiger charge is -2.07. The van der Waals surface area contributed by atoms with Gasteiger partial charge in [0.25, 0.3) is 5.56 Å². The number of hydrogen-bond acceptors (Lipinski definition) is 4. The summed E-state index contributed by atoms with van der Waals surface area (Å²) in [5.41, 5.74) is 1.46. The number of aromatic carboxylic acids is 1. The van der Waals surface area contributed by atoms with Gasteiger partial charge in [0.1, 0.15) is 3.70 Å². The number of halogens is 1. The number of aromatic nitrogens is 3. The van der Waals surface area contributed by atoms with E-state index < -0.39 is 5.97 Å². The van der Waals surface area contributed by atoms with Crippen LogP contribution in [0.5, 0.6) is 0 Å².